The van der Waals surface area contributed by atoms with Gasteiger partial charge in [0, 0.05) is 87.5 Å². The fourth-order valence-corrected chi connectivity index (χ4v) is 4.93. The van der Waals surface area contributed by atoms with Crippen LogP contribution in [-0.2, 0) is 14.3 Å². The van der Waals surface area contributed by atoms with E-state index >= 15 is 0 Å². The first-order valence-corrected chi connectivity index (χ1v) is 17.3. The van der Waals surface area contributed by atoms with Gasteiger partial charge in [-0.15, -0.1) is 26.3 Å². The lowest BCUT2D eigenvalue weighted by Crippen LogP contribution is -2.50. The topological polar surface area (TPSA) is 67.8 Å². The van der Waals surface area contributed by atoms with Gasteiger partial charge in [-0.3, -0.25) is 4.79 Å². The third-order valence-corrected chi connectivity index (χ3v) is 7.42. The number of aliphatic hydroxyl groups is 1. The van der Waals surface area contributed by atoms with Crippen molar-refractivity contribution in [3.8, 4) is 142 Å². The standard InChI is InChI=1S/C50H43NO4.24H2/c1-9-14-15-16-17-18-19-20-21-22-23-24-25-26-27-28-29-30-31-32-33-34-35-39-48(53)51-45(46(52)38-36-40-50(6,7)8)41-54-49-44(13-5)42(11-3)43(12-4)47(55-49)37-10-2;;;;;;;;;;;;;;;;;;;;;;;;/h10-13,42-47,49,52H,2-5,36-38,40-41H2,1,6-8H3,(H,51,53);24*1H/t42?,43-,44+,45+,46-,47?,49+;;;;;;;;;;;;;;;;;;;;;;;;/m1......................../s1. The van der Waals surface area contributed by atoms with Crippen LogP contribution in [0, 0.1) is 165 Å². The van der Waals surface area contributed by atoms with E-state index in [1.54, 1.807) is 19.1 Å². The highest BCUT2D eigenvalue weighted by molar-refractivity contribution is 5.94. The molecule has 1 aliphatic rings. The van der Waals surface area contributed by atoms with Gasteiger partial charge in [-0.05, 0) is 132 Å². The molecule has 0 saturated carbocycles. The van der Waals surface area contributed by atoms with E-state index in [2.05, 4.69) is 194 Å². The number of hydrogen-bond acceptors (Lipinski definition) is 4. The van der Waals surface area contributed by atoms with E-state index in [-0.39, 0.29) is 70.1 Å². The summed E-state index contributed by atoms with van der Waals surface area (Å²) in [6.07, 6.45) is 8.22. The molecule has 5 nitrogen and oxygen atoms in total. The predicted octanol–water partition coefficient (Wildman–Crippen LogP) is 10.7. The van der Waals surface area contributed by atoms with E-state index in [1.165, 1.54) is 0 Å². The Morgan fingerprint density at radius 3 is 1.56 bits per heavy atom. The quantitative estimate of drug-likeness (QED) is 0.145. The Balaban J connectivity index is -0.0000000573. The summed E-state index contributed by atoms with van der Waals surface area (Å²) in [5.74, 6) is 59.5. The molecule has 2 N–H and O–H groups in total. The number of nitrogens with one attached hydrogen (secondary N) is 1. The van der Waals surface area contributed by atoms with E-state index in [0.29, 0.717) is 12.8 Å². The van der Waals surface area contributed by atoms with E-state index in [1.807, 2.05) is 12.2 Å². The molecule has 1 amide bonds. The van der Waals surface area contributed by atoms with Gasteiger partial charge in [-0.2, -0.15) is 0 Å². The average molecular weight is 770 g/mol. The fourth-order valence-electron chi connectivity index (χ4n) is 4.93. The first-order chi connectivity index (χ1) is 26.6. The van der Waals surface area contributed by atoms with Gasteiger partial charge in [0.25, 0.3) is 5.91 Å². The molecule has 5 heteroatoms. The summed E-state index contributed by atoms with van der Waals surface area (Å²) < 4.78 is 12.6. The lowest BCUT2D eigenvalue weighted by molar-refractivity contribution is -0.236. The van der Waals surface area contributed by atoms with Crippen LogP contribution in [0.5, 0.6) is 0 Å². The van der Waals surface area contributed by atoms with Crippen molar-refractivity contribution in [3.05, 3.63) is 50.6 Å². The number of carbonyl (C=O) groups is 1. The highest BCUT2D eigenvalue weighted by Gasteiger charge is 2.42. The molecule has 1 fully saturated rings. The van der Waals surface area contributed by atoms with Crippen molar-refractivity contribution >= 4 is 5.91 Å². The first-order valence-electron chi connectivity index (χ1n) is 17.3. The molecule has 1 aliphatic heterocycles. The molecule has 1 rings (SSSR count). The molecule has 0 spiro atoms. The monoisotopic (exact) mass is 770 g/mol. The maximum atomic E-state index is 12.8. The zero-order valence-corrected chi connectivity index (χ0v) is 31.9. The molecule has 7 atom stereocenters. The van der Waals surface area contributed by atoms with Crippen molar-refractivity contribution in [1.82, 2.24) is 5.32 Å². The highest BCUT2D eigenvalue weighted by atomic mass is 16.7. The Labute approximate surface area is 365 Å². The van der Waals surface area contributed by atoms with Gasteiger partial charge in [0.15, 0.2) is 6.29 Å². The molecule has 0 radical (unpaired) electrons. The van der Waals surface area contributed by atoms with Crippen LogP contribution in [0.2, 0.25) is 0 Å². The van der Waals surface area contributed by atoms with Gasteiger partial charge in [-0.25, -0.2) is 0 Å². The maximum absolute atomic E-state index is 12.8. The second kappa shape index (κ2) is 28.6. The van der Waals surface area contributed by atoms with Gasteiger partial charge in [0.2, 0.25) is 0 Å². The molecule has 1 saturated heterocycles. The zero-order chi connectivity index (χ0) is 40.6. The van der Waals surface area contributed by atoms with Crippen LogP contribution in [0.3, 0.4) is 0 Å². The summed E-state index contributed by atoms with van der Waals surface area (Å²) in [7, 11) is 0. The van der Waals surface area contributed by atoms with Crippen LogP contribution in [-0.4, -0.2) is 42.2 Å². The second-order valence-electron chi connectivity index (χ2n) is 12.6. The Morgan fingerprint density at radius 2 is 1.16 bits per heavy atom. The number of rotatable bonds is 13. The van der Waals surface area contributed by atoms with Crippen molar-refractivity contribution in [2.75, 3.05) is 6.61 Å². The normalized spacial score (nSPS) is 17.7. The van der Waals surface area contributed by atoms with Crippen LogP contribution >= 0.6 is 0 Å². The Hall–Kier alpha value is -6.97. The summed E-state index contributed by atoms with van der Waals surface area (Å²) in [5, 5.41) is 13.9. The van der Waals surface area contributed by atoms with Crippen LogP contribution in [0.1, 0.15) is 87.6 Å². The van der Waals surface area contributed by atoms with E-state index in [0.717, 1.165) is 12.8 Å². The third kappa shape index (κ3) is 21.2. The van der Waals surface area contributed by atoms with Crippen LogP contribution < -0.4 is 5.32 Å². The maximum Gasteiger partial charge on any atom is 0.297 e. The van der Waals surface area contributed by atoms with Crippen molar-refractivity contribution in [3.63, 3.8) is 0 Å². The Kier molecular flexibility index (Phi) is 23.9. The van der Waals surface area contributed by atoms with Gasteiger partial charge in [0.1, 0.15) is 0 Å². The molecule has 0 aromatic heterocycles. The Morgan fingerprint density at radius 1 is 0.727 bits per heavy atom. The lowest BCUT2D eigenvalue weighted by Gasteiger charge is -2.44. The summed E-state index contributed by atoms with van der Waals surface area (Å²) in [5.41, 5.74) is 0.103. The van der Waals surface area contributed by atoms with E-state index in [9.17, 15) is 9.90 Å². The highest BCUT2D eigenvalue weighted by Crippen LogP contribution is 2.39. The minimum absolute atomic E-state index is 0. The largest absolute Gasteiger partial charge is 0.391 e. The minimum Gasteiger partial charge on any atom is -0.391 e. The third-order valence-electron chi connectivity index (χ3n) is 7.42. The molecular formula is C50H91NO4. The summed E-state index contributed by atoms with van der Waals surface area (Å²) in [4.78, 5) is 12.8. The van der Waals surface area contributed by atoms with Crippen LogP contribution in [0.15, 0.2) is 50.6 Å². The molecule has 0 aliphatic carbocycles. The molecule has 2 unspecified atom stereocenters. The van der Waals surface area contributed by atoms with E-state index < -0.39 is 24.3 Å². The van der Waals surface area contributed by atoms with Gasteiger partial charge < -0.3 is 19.9 Å². The average Bonchev–Trinajstić information content (AvgIpc) is 3.15. The number of amides is 1. The molecule has 1 heterocycles. The molecule has 320 valence electrons. The smallest absolute Gasteiger partial charge is 0.297 e. The fraction of sp³-hybridized carbons (Fsp3) is 0.340. The van der Waals surface area contributed by atoms with E-state index in [4.69, 9.17) is 9.47 Å². The van der Waals surface area contributed by atoms with Gasteiger partial charge in [-0.1, -0.05) is 57.4 Å². The molecular weight excluding hydrogens is 679 g/mol. The second-order valence-corrected chi connectivity index (χ2v) is 12.6. The van der Waals surface area contributed by atoms with Crippen LogP contribution in [0.25, 0.3) is 0 Å². The number of carbonyl (C=O) groups excluding carboxylic acids is 1. The minimum atomic E-state index is -0.889. The summed E-state index contributed by atoms with van der Waals surface area (Å²) in [6, 6.07) is -0.758. The van der Waals surface area contributed by atoms with Crippen molar-refractivity contribution in [2.24, 2.45) is 23.2 Å². The SMILES string of the molecule is C=CCC1O[C@H](OC[C@H](NC(=O)C#CC#CC#CC#CC#CC#CC#CC#CC#CC#CC#CC#CC)[C@H](O)CCCC(C)(C)C)[C@@H](C=C)C(C=C)[C@H]1C=C.[HH].[HH].[HH].[HH].[HH].[HH].[HH].[HH].[HH].[HH].[HH].[HH].[HH].[HH].[HH].[HH].[HH].[HH].[HH].[HH].[HH].[HH].[HH].[HH]. The van der Waals surface area contributed by atoms with Crippen LogP contribution in [0.4, 0.5) is 0 Å². The molecule has 0 aromatic rings. The number of aliphatic hydroxyl groups excluding tert-OH is 1. The molecule has 0 bridgehead atoms. The Bertz CT molecular complexity index is 2270. The van der Waals surface area contributed by atoms with Gasteiger partial charge in [0.05, 0.1) is 24.9 Å². The summed E-state index contributed by atoms with van der Waals surface area (Å²) in [6.45, 7) is 23.9. The molecule has 0 aromatic carbocycles. The molecule has 55 heavy (non-hydrogen) atoms. The number of hydrogen-bond donors (Lipinski definition) is 2. The number of ether oxygens (including phenoxy) is 2. The number of allylic oxidation sites excluding steroid dienone is 1. The van der Waals surface area contributed by atoms with Gasteiger partial charge >= 0.3 is 0 Å². The zero-order valence-electron chi connectivity index (χ0n) is 31.9. The lowest BCUT2D eigenvalue weighted by atomic mass is 9.75. The van der Waals surface area contributed by atoms with Crippen molar-refractivity contribution in [2.45, 2.75) is 77.9 Å². The predicted molar refractivity (Wildman–Crippen MR) is 271 cm³/mol. The first kappa shape index (κ1) is 46.1. The van der Waals surface area contributed by atoms with Crippen molar-refractivity contribution < 1.29 is 53.6 Å². The summed E-state index contributed by atoms with van der Waals surface area (Å²) >= 11 is 0. The van der Waals surface area contributed by atoms with Crippen molar-refractivity contribution in [1.29, 1.82) is 0 Å².